The number of hydrogen-bond acceptors (Lipinski definition) is 3. The molecule has 1 N–H and O–H groups in total. The van der Waals surface area contributed by atoms with Gasteiger partial charge in [0.2, 0.25) is 0 Å². The van der Waals surface area contributed by atoms with Crippen LogP contribution in [0.15, 0.2) is 22.8 Å². The van der Waals surface area contributed by atoms with Crippen LogP contribution < -0.4 is 5.32 Å². The van der Waals surface area contributed by atoms with E-state index >= 15 is 0 Å². The molecular formula is C13H10BrClN2OS. The van der Waals surface area contributed by atoms with Gasteiger partial charge in [0.1, 0.15) is 5.15 Å². The highest BCUT2D eigenvalue weighted by Crippen LogP contribution is 2.31. The topological polar surface area (TPSA) is 42.0 Å². The number of aryl methyl sites for hydroxylation is 2. The van der Waals surface area contributed by atoms with Crippen LogP contribution in [-0.4, -0.2) is 10.9 Å². The van der Waals surface area contributed by atoms with Crippen LogP contribution in [0.5, 0.6) is 0 Å². The van der Waals surface area contributed by atoms with Crippen molar-refractivity contribution in [3.63, 3.8) is 0 Å². The Kier molecular flexibility index (Phi) is 3.60. The summed E-state index contributed by atoms with van der Waals surface area (Å²) in [6.07, 6.45) is 4.94. The van der Waals surface area contributed by atoms with Crippen molar-refractivity contribution in [3.05, 3.63) is 43.3 Å². The van der Waals surface area contributed by atoms with Crippen molar-refractivity contribution in [1.82, 2.24) is 4.98 Å². The SMILES string of the molecule is O=C(Nc1cnc(Cl)c(Br)c1)c1cc2c(s1)CCC2. The van der Waals surface area contributed by atoms with Crippen LogP contribution in [0, 0.1) is 0 Å². The van der Waals surface area contributed by atoms with E-state index in [9.17, 15) is 4.79 Å². The smallest absolute Gasteiger partial charge is 0.265 e. The van der Waals surface area contributed by atoms with Crippen LogP contribution in [0.2, 0.25) is 5.15 Å². The summed E-state index contributed by atoms with van der Waals surface area (Å²) in [6, 6.07) is 3.75. The second-order valence-electron chi connectivity index (χ2n) is 4.36. The van der Waals surface area contributed by atoms with Crippen molar-refractivity contribution in [2.24, 2.45) is 0 Å². The summed E-state index contributed by atoms with van der Waals surface area (Å²) in [5.41, 5.74) is 1.96. The zero-order chi connectivity index (χ0) is 13.4. The molecule has 98 valence electrons. The lowest BCUT2D eigenvalue weighted by molar-refractivity contribution is 0.103. The van der Waals surface area contributed by atoms with E-state index in [0.29, 0.717) is 15.3 Å². The number of anilines is 1. The first kappa shape index (κ1) is 13.1. The Hall–Kier alpha value is -0.910. The van der Waals surface area contributed by atoms with Gasteiger partial charge in [-0.1, -0.05) is 11.6 Å². The number of hydrogen-bond donors (Lipinski definition) is 1. The molecule has 0 saturated carbocycles. The normalized spacial score (nSPS) is 13.4. The highest BCUT2D eigenvalue weighted by Gasteiger charge is 2.18. The molecule has 3 nitrogen and oxygen atoms in total. The minimum atomic E-state index is -0.0876. The van der Waals surface area contributed by atoms with Crippen molar-refractivity contribution < 1.29 is 4.79 Å². The summed E-state index contributed by atoms with van der Waals surface area (Å²) < 4.78 is 0.667. The molecule has 2 aromatic rings. The number of rotatable bonds is 2. The van der Waals surface area contributed by atoms with Crippen molar-refractivity contribution in [1.29, 1.82) is 0 Å². The molecule has 0 bridgehead atoms. The highest BCUT2D eigenvalue weighted by atomic mass is 79.9. The number of pyridine rings is 1. The summed E-state index contributed by atoms with van der Waals surface area (Å²) in [6.45, 7) is 0. The lowest BCUT2D eigenvalue weighted by Gasteiger charge is -2.04. The lowest BCUT2D eigenvalue weighted by atomic mass is 10.2. The van der Waals surface area contributed by atoms with Crippen molar-refractivity contribution >= 4 is 50.5 Å². The third-order valence-corrected chi connectivity index (χ3v) is 5.39. The number of nitrogens with zero attached hydrogens (tertiary/aromatic N) is 1. The Morgan fingerprint density at radius 1 is 1.42 bits per heavy atom. The van der Waals surface area contributed by atoms with Crippen LogP contribution in [0.3, 0.4) is 0 Å². The second kappa shape index (κ2) is 5.23. The van der Waals surface area contributed by atoms with Gasteiger partial charge in [0, 0.05) is 4.88 Å². The Labute approximate surface area is 128 Å². The van der Waals surface area contributed by atoms with Gasteiger partial charge in [-0.25, -0.2) is 4.98 Å². The molecule has 0 unspecified atom stereocenters. The third-order valence-electron chi connectivity index (χ3n) is 3.02. The maximum atomic E-state index is 12.1. The number of carbonyl (C=O) groups is 1. The summed E-state index contributed by atoms with van der Waals surface area (Å²) in [5.74, 6) is -0.0876. The van der Waals surface area contributed by atoms with E-state index in [2.05, 4.69) is 26.2 Å². The molecule has 0 aromatic carbocycles. The fraction of sp³-hybridized carbons (Fsp3) is 0.231. The van der Waals surface area contributed by atoms with E-state index < -0.39 is 0 Å². The van der Waals surface area contributed by atoms with Crippen LogP contribution in [0.1, 0.15) is 26.5 Å². The third kappa shape index (κ3) is 2.68. The van der Waals surface area contributed by atoms with E-state index in [4.69, 9.17) is 11.6 Å². The molecule has 1 aliphatic rings. The van der Waals surface area contributed by atoms with Crippen LogP contribution in [0.4, 0.5) is 5.69 Å². The van der Waals surface area contributed by atoms with E-state index in [-0.39, 0.29) is 5.91 Å². The number of nitrogens with one attached hydrogen (secondary N) is 1. The minimum absolute atomic E-state index is 0.0876. The van der Waals surface area contributed by atoms with Gasteiger partial charge in [-0.3, -0.25) is 4.79 Å². The molecule has 0 aliphatic heterocycles. The molecule has 0 spiro atoms. The fourth-order valence-electron chi connectivity index (χ4n) is 2.12. The molecule has 19 heavy (non-hydrogen) atoms. The van der Waals surface area contributed by atoms with Gasteiger partial charge >= 0.3 is 0 Å². The average Bonchev–Trinajstić information content (AvgIpc) is 2.94. The van der Waals surface area contributed by atoms with Gasteiger partial charge in [0.15, 0.2) is 0 Å². The Morgan fingerprint density at radius 3 is 3.00 bits per heavy atom. The quantitative estimate of drug-likeness (QED) is 0.814. The fourth-order valence-corrected chi connectivity index (χ4v) is 3.72. The molecule has 1 aliphatic carbocycles. The maximum Gasteiger partial charge on any atom is 0.265 e. The molecule has 2 aromatic heterocycles. The number of fused-ring (bicyclic) bond motifs is 1. The summed E-state index contributed by atoms with van der Waals surface area (Å²) >= 11 is 10.7. The van der Waals surface area contributed by atoms with Crippen molar-refractivity contribution in [2.45, 2.75) is 19.3 Å². The molecule has 1 amide bonds. The van der Waals surface area contributed by atoms with Gasteiger partial charge in [0.05, 0.1) is 21.2 Å². The molecule has 0 radical (unpaired) electrons. The monoisotopic (exact) mass is 356 g/mol. The van der Waals surface area contributed by atoms with Crippen LogP contribution in [-0.2, 0) is 12.8 Å². The van der Waals surface area contributed by atoms with Crippen molar-refractivity contribution in [3.8, 4) is 0 Å². The summed E-state index contributed by atoms with van der Waals surface area (Å²) in [5, 5.41) is 3.22. The van der Waals surface area contributed by atoms with Crippen molar-refractivity contribution in [2.75, 3.05) is 5.32 Å². The Morgan fingerprint density at radius 2 is 2.26 bits per heavy atom. The average molecular weight is 358 g/mol. The first-order valence-electron chi connectivity index (χ1n) is 5.87. The Bertz CT molecular complexity index is 635. The Balaban J connectivity index is 1.78. The highest BCUT2D eigenvalue weighted by molar-refractivity contribution is 9.10. The minimum Gasteiger partial charge on any atom is -0.320 e. The van der Waals surface area contributed by atoms with E-state index in [1.165, 1.54) is 16.9 Å². The standard InChI is InChI=1S/C13H10BrClN2OS/c14-9-5-8(6-16-12(9)15)17-13(18)11-4-7-2-1-3-10(7)19-11/h4-6H,1-3H2,(H,17,18). The molecule has 6 heteroatoms. The van der Waals surface area contributed by atoms with E-state index in [1.54, 1.807) is 23.6 Å². The second-order valence-corrected chi connectivity index (χ2v) is 6.71. The largest absolute Gasteiger partial charge is 0.320 e. The van der Waals surface area contributed by atoms with Crippen LogP contribution >= 0.6 is 38.9 Å². The summed E-state index contributed by atoms with van der Waals surface area (Å²) in [4.78, 5) is 18.2. The molecule has 0 atom stereocenters. The number of carbonyl (C=O) groups excluding carboxylic acids is 1. The molecule has 2 heterocycles. The number of amides is 1. The summed E-state index contributed by atoms with van der Waals surface area (Å²) in [7, 11) is 0. The maximum absolute atomic E-state index is 12.1. The predicted molar refractivity (Wildman–Crippen MR) is 81.2 cm³/mol. The number of aromatic nitrogens is 1. The predicted octanol–water partition coefficient (Wildman–Crippen LogP) is 4.30. The lowest BCUT2D eigenvalue weighted by Crippen LogP contribution is -2.10. The van der Waals surface area contributed by atoms with Gasteiger partial charge in [0.25, 0.3) is 5.91 Å². The first-order chi connectivity index (χ1) is 9.13. The van der Waals surface area contributed by atoms with Gasteiger partial charge < -0.3 is 5.32 Å². The first-order valence-corrected chi connectivity index (χ1v) is 7.86. The number of thiophene rings is 1. The van der Waals surface area contributed by atoms with Gasteiger partial charge in [-0.15, -0.1) is 11.3 Å². The van der Waals surface area contributed by atoms with Crippen LogP contribution in [0.25, 0.3) is 0 Å². The van der Waals surface area contributed by atoms with E-state index in [0.717, 1.165) is 17.7 Å². The van der Waals surface area contributed by atoms with E-state index in [1.807, 2.05) is 6.07 Å². The zero-order valence-corrected chi connectivity index (χ0v) is 13.0. The number of halogens is 2. The molecule has 0 saturated heterocycles. The molecular weight excluding hydrogens is 348 g/mol. The zero-order valence-electron chi connectivity index (χ0n) is 9.87. The molecule has 3 rings (SSSR count). The molecule has 0 fully saturated rings. The van der Waals surface area contributed by atoms with Gasteiger partial charge in [-0.05, 0) is 52.9 Å². The van der Waals surface area contributed by atoms with Gasteiger partial charge in [-0.2, -0.15) is 0 Å².